The zero-order chi connectivity index (χ0) is 14.4. The summed E-state index contributed by atoms with van der Waals surface area (Å²) in [7, 11) is 0. The van der Waals surface area contributed by atoms with Crippen molar-refractivity contribution in [3.63, 3.8) is 0 Å². The second kappa shape index (κ2) is 4.91. The molecule has 3 rings (SSSR count). The maximum atomic E-state index is 6.07. The highest BCUT2D eigenvalue weighted by Gasteiger charge is 2.12. The van der Waals surface area contributed by atoms with Crippen LogP contribution in [0.1, 0.15) is 17.3 Å². The molecule has 0 amide bonds. The van der Waals surface area contributed by atoms with Gasteiger partial charge in [-0.1, -0.05) is 23.2 Å². The normalized spacial score (nSPS) is 11.4. The summed E-state index contributed by atoms with van der Waals surface area (Å²) in [6.45, 7) is 4.25. The molecule has 0 saturated carbocycles. The molecule has 2 aromatic heterocycles. The van der Waals surface area contributed by atoms with Gasteiger partial charge in [0.1, 0.15) is 12.3 Å². The van der Waals surface area contributed by atoms with E-state index in [1.807, 2.05) is 18.4 Å². The summed E-state index contributed by atoms with van der Waals surface area (Å²) in [6.07, 6.45) is 0. The number of halogens is 2. The molecule has 0 bridgehead atoms. The van der Waals surface area contributed by atoms with Crippen LogP contribution in [0.2, 0.25) is 10.0 Å². The summed E-state index contributed by atoms with van der Waals surface area (Å²) in [6, 6.07) is 3.55. The molecular weight excluding hydrogens is 317 g/mol. The van der Waals surface area contributed by atoms with E-state index in [1.165, 1.54) is 0 Å². The Hall–Kier alpha value is -1.30. The van der Waals surface area contributed by atoms with E-state index >= 15 is 0 Å². The van der Waals surface area contributed by atoms with Crippen LogP contribution in [0.3, 0.4) is 0 Å². The van der Waals surface area contributed by atoms with Gasteiger partial charge in [0.25, 0.3) is 0 Å². The number of aryl methyl sites for hydroxylation is 2. The summed E-state index contributed by atoms with van der Waals surface area (Å²) in [5, 5.41) is 0.979. The number of nitrogens with zero attached hydrogens (tertiary/aromatic N) is 2. The van der Waals surface area contributed by atoms with Crippen molar-refractivity contribution < 1.29 is 4.42 Å². The van der Waals surface area contributed by atoms with Gasteiger partial charge in [0.2, 0.25) is 5.89 Å². The zero-order valence-corrected chi connectivity index (χ0v) is 13.2. The van der Waals surface area contributed by atoms with E-state index in [0.717, 1.165) is 22.5 Å². The van der Waals surface area contributed by atoms with Crippen molar-refractivity contribution in [2.45, 2.75) is 20.4 Å². The topological polar surface area (TPSA) is 46.8 Å². The molecule has 2 heterocycles. The van der Waals surface area contributed by atoms with Crippen molar-refractivity contribution in [2.24, 2.45) is 0 Å². The fraction of sp³-hybridized carbons (Fsp3) is 0.231. The maximum Gasteiger partial charge on any atom is 0.214 e. The predicted molar refractivity (Wildman–Crippen MR) is 82.2 cm³/mol. The Morgan fingerprint density at radius 1 is 1.30 bits per heavy atom. The molecule has 0 aliphatic heterocycles. The standard InChI is InChI=1S/C13H11Cl2N3OS/c1-6-7(2)19-12(16-6)5-18-11-4-9(15)8(14)3-10(11)17-13(18)20/h3-4H,5H2,1-2H3,(H,17,20). The van der Waals surface area contributed by atoms with E-state index in [0.29, 0.717) is 27.3 Å². The molecule has 0 spiro atoms. The molecule has 4 nitrogen and oxygen atoms in total. The SMILES string of the molecule is Cc1nc(Cn2c(=S)[nH]c3cc(Cl)c(Cl)cc32)oc1C. The lowest BCUT2D eigenvalue weighted by molar-refractivity contribution is 0.458. The van der Waals surface area contributed by atoms with E-state index in [2.05, 4.69) is 9.97 Å². The minimum absolute atomic E-state index is 0.450. The van der Waals surface area contributed by atoms with Crippen LogP contribution in [0.25, 0.3) is 11.0 Å². The van der Waals surface area contributed by atoms with E-state index in [4.69, 9.17) is 39.8 Å². The van der Waals surface area contributed by atoms with E-state index in [-0.39, 0.29) is 0 Å². The lowest BCUT2D eigenvalue weighted by Crippen LogP contribution is -2.00. The lowest BCUT2D eigenvalue weighted by atomic mass is 10.3. The Morgan fingerprint density at radius 3 is 2.65 bits per heavy atom. The average Bonchev–Trinajstić information content (AvgIpc) is 2.83. The van der Waals surface area contributed by atoms with Gasteiger partial charge in [0, 0.05) is 0 Å². The van der Waals surface area contributed by atoms with Crippen LogP contribution in [0.5, 0.6) is 0 Å². The third kappa shape index (κ3) is 2.26. The number of nitrogens with one attached hydrogen (secondary N) is 1. The van der Waals surface area contributed by atoms with Gasteiger partial charge in [-0.3, -0.25) is 0 Å². The van der Waals surface area contributed by atoms with Crippen molar-refractivity contribution in [1.82, 2.24) is 14.5 Å². The van der Waals surface area contributed by atoms with Crippen molar-refractivity contribution >= 4 is 46.5 Å². The van der Waals surface area contributed by atoms with Crippen LogP contribution in [0, 0.1) is 18.6 Å². The highest BCUT2D eigenvalue weighted by atomic mass is 35.5. The number of imidazole rings is 1. The Balaban J connectivity index is 2.13. The zero-order valence-electron chi connectivity index (χ0n) is 10.8. The summed E-state index contributed by atoms with van der Waals surface area (Å²) in [5.74, 6) is 1.43. The largest absolute Gasteiger partial charge is 0.444 e. The van der Waals surface area contributed by atoms with Gasteiger partial charge in [-0.05, 0) is 38.2 Å². The van der Waals surface area contributed by atoms with Gasteiger partial charge in [-0.25, -0.2) is 4.98 Å². The highest BCUT2D eigenvalue weighted by molar-refractivity contribution is 7.71. The van der Waals surface area contributed by atoms with Gasteiger partial charge >= 0.3 is 0 Å². The number of aromatic nitrogens is 3. The summed E-state index contributed by atoms with van der Waals surface area (Å²) in [5.41, 5.74) is 2.59. The van der Waals surface area contributed by atoms with Crippen molar-refractivity contribution in [1.29, 1.82) is 0 Å². The third-order valence-corrected chi connectivity index (χ3v) is 4.23. The van der Waals surface area contributed by atoms with Crippen LogP contribution < -0.4 is 0 Å². The predicted octanol–water partition coefficient (Wildman–Crippen LogP) is 4.66. The molecule has 1 aromatic carbocycles. The molecule has 3 aromatic rings. The quantitative estimate of drug-likeness (QED) is 0.696. The molecule has 0 aliphatic carbocycles. The molecule has 104 valence electrons. The Kier molecular flexibility index (Phi) is 3.36. The minimum atomic E-state index is 0.450. The molecule has 0 saturated heterocycles. The van der Waals surface area contributed by atoms with E-state index < -0.39 is 0 Å². The number of aromatic amines is 1. The van der Waals surface area contributed by atoms with Gasteiger partial charge in [-0.15, -0.1) is 0 Å². The van der Waals surface area contributed by atoms with Gasteiger partial charge in [0.15, 0.2) is 4.77 Å². The van der Waals surface area contributed by atoms with Crippen LogP contribution >= 0.6 is 35.4 Å². The number of rotatable bonds is 2. The first kappa shape index (κ1) is 13.7. The molecule has 0 radical (unpaired) electrons. The minimum Gasteiger partial charge on any atom is -0.444 e. The molecule has 0 aliphatic rings. The van der Waals surface area contributed by atoms with Gasteiger partial charge in [0.05, 0.1) is 26.8 Å². The summed E-state index contributed by atoms with van der Waals surface area (Å²) < 4.78 is 8.06. The van der Waals surface area contributed by atoms with Crippen LogP contribution in [-0.4, -0.2) is 14.5 Å². The lowest BCUT2D eigenvalue weighted by Gasteiger charge is -2.02. The van der Waals surface area contributed by atoms with Crippen LogP contribution in [0.4, 0.5) is 0 Å². The molecule has 0 atom stereocenters. The van der Waals surface area contributed by atoms with Crippen LogP contribution in [0.15, 0.2) is 16.5 Å². The first-order valence-corrected chi connectivity index (χ1v) is 7.12. The Bertz CT molecular complexity index is 843. The van der Waals surface area contributed by atoms with E-state index in [1.54, 1.807) is 12.1 Å². The van der Waals surface area contributed by atoms with Crippen LogP contribution in [-0.2, 0) is 6.54 Å². The number of oxazole rings is 1. The molecule has 0 fully saturated rings. The number of benzene rings is 1. The molecule has 0 unspecified atom stereocenters. The highest BCUT2D eigenvalue weighted by Crippen LogP contribution is 2.28. The maximum absolute atomic E-state index is 6.07. The third-order valence-electron chi connectivity index (χ3n) is 3.18. The smallest absolute Gasteiger partial charge is 0.214 e. The fourth-order valence-corrected chi connectivity index (χ4v) is 2.65. The second-order valence-electron chi connectivity index (χ2n) is 4.55. The first-order chi connectivity index (χ1) is 9.45. The van der Waals surface area contributed by atoms with Gasteiger partial charge in [-0.2, -0.15) is 0 Å². The molecular formula is C13H11Cl2N3OS. The number of H-pyrrole nitrogens is 1. The Morgan fingerprint density at radius 2 is 2.00 bits per heavy atom. The Labute approximate surface area is 130 Å². The molecule has 20 heavy (non-hydrogen) atoms. The van der Waals surface area contributed by atoms with Crippen molar-refractivity contribution in [3.05, 3.63) is 44.3 Å². The summed E-state index contributed by atoms with van der Waals surface area (Å²) in [4.78, 5) is 7.47. The monoisotopic (exact) mass is 327 g/mol. The second-order valence-corrected chi connectivity index (χ2v) is 5.75. The average molecular weight is 328 g/mol. The number of fused-ring (bicyclic) bond motifs is 1. The molecule has 1 N–H and O–H groups in total. The number of hydrogen-bond acceptors (Lipinski definition) is 3. The van der Waals surface area contributed by atoms with E-state index in [9.17, 15) is 0 Å². The van der Waals surface area contributed by atoms with Crippen molar-refractivity contribution in [3.8, 4) is 0 Å². The number of hydrogen-bond donors (Lipinski definition) is 1. The first-order valence-electron chi connectivity index (χ1n) is 5.96. The molecule has 7 heteroatoms. The summed E-state index contributed by atoms with van der Waals surface area (Å²) >= 11 is 17.4. The fourth-order valence-electron chi connectivity index (χ4n) is 2.05. The van der Waals surface area contributed by atoms with Gasteiger partial charge < -0.3 is 14.0 Å². The van der Waals surface area contributed by atoms with Crippen molar-refractivity contribution in [2.75, 3.05) is 0 Å².